The monoisotopic (exact) mass is 332 g/mol. The molecule has 0 aliphatic carbocycles. The second-order valence-corrected chi connectivity index (χ2v) is 5.85. The first-order valence-electron chi connectivity index (χ1n) is 6.20. The van der Waals surface area contributed by atoms with E-state index in [4.69, 9.17) is 16.3 Å². The highest BCUT2D eigenvalue weighted by Crippen LogP contribution is 2.33. The summed E-state index contributed by atoms with van der Waals surface area (Å²) in [6.07, 6.45) is 0. The molecule has 1 rings (SSSR count). The maximum absolute atomic E-state index is 12.1. The van der Waals surface area contributed by atoms with E-state index in [0.29, 0.717) is 10.4 Å². The normalized spacial score (nSPS) is 10.4. The van der Waals surface area contributed by atoms with Crippen LogP contribution in [0.1, 0.15) is 39.4 Å². The van der Waals surface area contributed by atoms with Crippen LogP contribution in [0.25, 0.3) is 0 Å². The average molecular weight is 333 g/mol. The molecule has 116 valence electrons. The van der Waals surface area contributed by atoms with Gasteiger partial charge in [-0.05, 0) is 26.3 Å². The van der Waals surface area contributed by atoms with Crippen molar-refractivity contribution in [1.82, 2.24) is 5.32 Å². The summed E-state index contributed by atoms with van der Waals surface area (Å²) in [5.41, 5.74) is 0.643. The number of alkyl halides is 1. The molecule has 0 unspecified atom stereocenters. The number of amides is 2. The third-order valence-corrected chi connectivity index (χ3v) is 3.99. The Morgan fingerprint density at radius 2 is 1.95 bits per heavy atom. The molecule has 0 spiro atoms. The molecular weight excluding hydrogens is 316 g/mol. The number of esters is 1. The van der Waals surface area contributed by atoms with E-state index >= 15 is 0 Å². The summed E-state index contributed by atoms with van der Waals surface area (Å²) in [5.74, 6) is -1.62. The van der Waals surface area contributed by atoms with Crippen molar-refractivity contribution in [3.8, 4) is 0 Å². The molecule has 0 radical (unpaired) electrons. The predicted octanol–water partition coefficient (Wildman–Crippen LogP) is 2.16. The molecule has 1 heterocycles. The van der Waals surface area contributed by atoms with Gasteiger partial charge in [-0.2, -0.15) is 0 Å². The number of halogens is 1. The number of methoxy groups -OCH3 is 1. The van der Waals surface area contributed by atoms with Crippen molar-refractivity contribution in [2.45, 2.75) is 26.8 Å². The molecule has 21 heavy (non-hydrogen) atoms. The Kier molecular flexibility index (Phi) is 6.17. The minimum absolute atomic E-state index is 0.0403. The Morgan fingerprint density at radius 1 is 1.33 bits per heavy atom. The van der Waals surface area contributed by atoms with Gasteiger partial charge >= 0.3 is 5.97 Å². The lowest BCUT2D eigenvalue weighted by Crippen LogP contribution is -2.29. The third kappa shape index (κ3) is 4.18. The van der Waals surface area contributed by atoms with Gasteiger partial charge in [-0.25, -0.2) is 4.79 Å². The molecule has 6 nitrogen and oxygen atoms in total. The zero-order chi connectivity index (χ0) is 16.2. The van der Waals surface area contributed by atoms with Gasteiger partial charge in [0.05, 0.1) is 17.6 Å². The standard InChI is InChI=1S/C13H17ClN2O4S/c1-6(2)15-11(18)10-7(3)9(13(19)20-4)12(21-10)16-8(17)5-14/h6H,5H2,1-4H3,(H,15,18)(H,16,17). The van der Waals surface area contributed by atoms with E-state index in [-0.39, 0.29) is 28.4 Å². The average Bonchev–Trinajstić information content (AvgIpc) is 2.73. The molecular formula is C13H17ClN2O4S. The fourth-order valence-electron chi connectivity index (χ4n) is 1.65. The van der Waals surface area contributed by atoms with E-state index in [0.717, 1.165) is 11.3 Å². The van der Waals surface area contributed by atoms with Crippen molar-refractivity contribution in [3.63, 3.8) is 0 Å². The van der Waals surface area contributed by atoms with Gasteiger partial charge in [0.2, 0.25) is 5.91 Å². The lowest BCUT2D eigenvalue weighted by atomic mass is 10.1. The molecule has 1 aromatic rings. The topological polar surface area (TPSA) is 84.5 Å². The lowest BCUT2D eigenvalue weighted by Gasteiger charge is -2.07. The van der Waals surface area contributed by atoms with Gasteiger partial charge in [0.25, 0.3) is 5.91 Å². The molecule has 0 fully saturated rings. The number of hydrogen-bond acceptors (Lipinski definition) is 5. The molecule has 2 N–H and O–H groups in total. The summed E-state index contributed by atoms with van der Waals surface area (Å²) < 4.78 is 4.70. The SMILES string of the molecule is COC(=O)c1c(NC(=O)CCl)sc(C(=O)NC(C)C)c1C. The van der Waals surface area contributed by atoms with Crippen LogP contribution in [0.2, 0.25) is 0 Å². The van der Waals surface area contributed by atoms with Crippen LogP contribution in [-0.4, -0.2) is 36.8 Å². The summed E-state index contributed by atoms with van der Waals surface area (Å²) in [6.45, 7) is 5.30. The Balaban J connectivity index is 3.26. The van der Waals surface area contributed by atoms with Gasteiger partial charge in [-0.3, -0.25) is 9.59 Å². The van der Waals surface area contributed by atoms with Crippen molar-refractivity contribution in [3.05, 3.63) is 16.0 Å². The van der Waals surface area contributed by atoms with Crippen molar-refractivity contribution >= 4 is 45.7 Å². The van der Waals surface area contributed by atoms with Gasteiger partial charge in [-0.15, -0.1) is 22.9 Å². The van der Waals surface area contributed by atoms with Crippen molar-refractivity contribution in [2.24, 2.45) is 0 Å². The van der Waals surface area contributed by atoms with E-state index in [1.54, 1.807) is 6.92 Å². The third-order valence-electron chi connectivity index (χ3n) is 2.54. The first-order valence-corrected chi connectivity index (χ1v) is 7.55. The first-order chi connectivity index (χ1) is 9.81. The molecule has 0 aliphatic heterocycles. The number of nitrogens with one attached hydrogen (secondary N) is 2. The fraction of sp³-hybridized carbons (Fsp3) is 0.462. The van der Waals surface area contributed by atoms with Crippen LogP contribution >= 0.6 is 22.9 Å². The zero-order valence-corrected chi connectivity index (χ0v) is 13.8. The summed E-state index contributed by atoms with van der Waals surface area (Å²) in [6, 6.07) is -0.0403. The first kappa shape index (κ1) is 17.5. The number of carbonyl (C=O) groups is 3. The quantitative estimate of drug-likeness (QED) is 0.639. The van der Waals surface area contributed by atoms with Gasteiger partial charge in [-0.1, -0.05) is 0 Å². The number of thiophene rings is 1. The molecule has 8 heteroatoms. The highest BCUT2D eigenvalue weighted by molar-refractivity contribution is 7.18. The Morgan fingerprint density at radius 3 is 2.43 bits per heavy atom. The van der Waals surface area contributed by atoms with Crippen molar-refractivity contribution < 1.29 is 19.1 Å². The maximum Gasteiger partial charge on any atom is 0.341 e. The molecule has 0 aromatic carbocycles. The van der Waals surface area contributed by atoms with Gasteiger partial charge in [0.1, 0.15) is 10.9 Å². The van der Waals surface area contributed by atoms with Crippen LogP contribution in [-0.2, 0) is 9.53 Å². The van der Waals surface area contributed by atoms with Crippen LogP contribution in [0.4, 0.5) is 5.00 Å². The summed E-state index contributed by atoms with van der Waals surface area (Å²) in [4.78, 5) is 35.7. The Bertz CT molecular complexity index is 569. The highest BCUT2D eigenvalue weighted by Gasteiger charge is 2.26. The van der Waals surface area contributed by atoms with Gasteiger partial charge in [0.15, 0.2) is 0 Å². The molecule has 0 aliphatic rings. The summed E-state index contributed by atoms with van der Waals surface area (Å²) in [5, 5.41) is 5.52. The minimum atomic E-state index is -0.614. The van der Waals surface area contributed by atoms with Crippen LogP contribution in [0.5, 0.6) is 0 Å². The van der Waals surface area contributed by atoms with Crippen LogP contribution in [0, 0.1) is 6.92 Å². The number of carbonyl (C=O) groups excluding carboxylic acids is 3. The zero-order valence-electron chi connectivity index (χ0n) is 12.2. The number of hydrogen-bond donors (Lipinski definition) is 2. The van der Waals surface area contributed by atoms with E-state index < -0.39 is 11.9 Å². The second kappa shape index (κ2) is 7.42. The lowest BCUT2D eigenvalue weighted by molar-refractivity contribution is -0.113. The molecule has 0 saturated carbocycles. The Hall–Kier alpha value is -1.60. The largest absolute Gasteiger partial charge is 0.465 e. The van der Waals surface area contributed by atoms with E-state index in [1.165, 1.54) is 7.11 Å². The van der Waals surface area contributed by atoms with Gasteiger partial charge in [0, 0.05) is 6.04 Å². The summed E-state index contributed by atoms with van der Waals surface area (Å²) in [7, 11) is 1.24. The second-order valence-electron chi connectivity index (χ2n) is 4.56. The molecule has 1 aromatic heterocycles. The molecule has 0 saturated heterocycles. The number of anilines is 1. The van der Waals surface area contributed by atoms with E-state index in [2.05, 4.69) is 10.6 Å². The fourth-order valence-corrected chi connectivity index (χ4v) is 2.83. The van der Waals surface area contributed by atoms with Crippen molar-refractivity contribution in [1.29, 1.82) is 0 Å². The highest BCUT2D eigenvalue weighted by atomic mass is 35.5. The van der Waals surface area contributed by atoms with Crippen LogP contribution < -0.4 is 10.6 Å². The van der Waals surface area contributed by atoms with Crippen LogP contribution in [0.15, 0.2) is 0 Å². The van der Waals surface area contributed by atoms with Crippen molar-refractivity contribution in [2.75, 3.05) is 18.3 Å². The predicted molar refractivity (Wildman–Crippen MR) is 82.3 cm³/mol. The summed E-state index contributed by atoms with van der Waals surface area (Å²) >= 11 is 6.46. The minimum Gasteiger partial charge on any atom is -0.465 e. The number of rotatable bonds is 5. The smallest absolute Gasteiger partial charge is 0.341 e. The molecule has 0 atom stereocenters. The molecule has 0 bridgehead atoms. The number of ether oxygens (including phenoxy) is 1. The Labute approximate surface area is 131 Å². The molecule has 2 amide bonds. The van der Waals surface area contributed by atoms with E-state index in [9.17, 15) is 14.4 Å². The van der Waals surface area contributed by atoms with Gasteiger partial charge < -0.3 is 15.4 Å². The van der Waals surface area contributed by atoms with Crippen LogP contribution in [0.3, 0.4) is 0 Å². The maximum atomic E-state index is 12.1. The van der Waals surface area contributed by atoms with E-state index in [1.807, 2.05) is 13.8 Å².